The number of hydrogen-bond acceptors (Lipinski definition) is 6. The highest BCUT2D eigenvalue weighted by atomic mass is 16.5. The van der Waals surface area contributed by atoms with Gasteiger partial charge in [-0.1, -0.05) is 139 Å². The normalized spacial score (nSPS) is 14.2. The molecule has 0 aliphatic carbocycles. The first-order valence-electron chi connectivity index (χ1n) is 19.6. The molecular weight excluding hydrogens is 636 g/mol. The van der Waals surface area contributed by atoms with Crippen molar-refractivity contribution in [2.45, 2.75) is 103 Å². The maximum absolute atomic E-state index is 13.2. The molecule has 7 heteroatoms. The van der Waals surface area contributed by atoms with Gasteiger partial charge in [0.2, 0.25) is 11.7 Å². The maximum Gasteiger partial charge on any atom is 0.246 e. The number of phenols is 1. The molecule has 2 N–H and O–H groups in total. The van der Waals surface area contributed by atoms with E-state index in [9.17, 15) is 15.0 Å². The van der Waals surface area contributed by atoms with E-state index in [4.69, 9.17) is 9.47 Å². The molecule has 0 aromatic heterocycles. The van der Waals surface area contributed by atoms with Crippen LogP contribution in [-0.4, -0.2) is 71.9 Å². The molecule has 0 spiro atoms. The van der Waals surface area contributed by atoms with Crippen molar-refractivity contribution in [3.63, 3.8) is 0 Å². The standard InChI is InChI=1S/C44H62N2O5/c1-3-5-7-9-11-13-18-32-51-42-34-36(33-41(44(42)49)50-31-17-12-10-8-6-4-2)21-26-43(48)46-29-27-45(28-30-46)35-40(47)39-24-22-38(23-25-39)37-19-15-14-16-20-37/h14-16,19-26,33-34,40,47,49H,3-13,17-18,27-32,35H2,1-2H3/b26-21+. The van der Waals surface area contributed by atoms with Crippen LogP contribution in [0.5, 0.6) is 17.2 Å². The van der Waals surface area contributed by atoms with Crippen molar-refractivity contribution in [1.29, 1.82) is 0 Å². The molecule has 51 heavy (non-hydrogen) atoms. The Morgan fingerprint density at radius 2 is 1.22 bits per heavy atom. The Hall–Kier alpha value is -3.81. The Kier molecular flexibility index (Phi) is 17.9. The van der Waals surface area contributed by atoms with Gasteiger partial charge in [-0.15, -0.1) is 0 Å². The van der Waals surface area contributed by atoms with Gasteiger partial charge < -0.3 is 24.6 Å². The molecule has 1 atom stereocenters. The Bertz CT molecular complexity index is 1430. The van der Waals surface area contributed by atoms with Crippen molar-refractivity contribution in [3.8, 4) is 28.4 Å². The number of rotatable bonds is 23. The number of hydrogen-bond donors (Lipinski definition) is 2. The Balaban J connectivity index is 1.28. The number of phenolic OH excluding ortho intramolecular Hbond substituents is 1. The molecule has 3 aromatic carbocycles. The molecule has 0 radical (unpaired) electrons. The van der Waals surface area contributed by atoms with Gasteiger partial charge in [-0.2, -0.15) is 0 Å². The second-order valence-corrected chi connectivity index (χ2v) is 13.9. The summed E-state index contributed by atoms with van der Waals surface area (Å²) in [6.45, 7) is 8.62. The molecule has 4 rings (SSSR count). The predicted octanol–water partition coefficient (Wildman–Crippen LogP) is 9.82. The number of β-amino-alcohol motifs (C(OH)–C–C–N with tert-alkyl or cyclic N) is 1. The van der Waals surface area contributed by atoms with Crippen LogP contribution in [0.3, 0.4) is 0 Å². The minimum absolute atomic E-state index is 0.0258. The summed E-state index contributed by atoms with van der Waals surface area (Å²) in [6, 6.07) is 21.9. The smallest absolute Gasteiger partial charge is 0.246 e. The number of unbranched alkanes of at least 4 members (excludes halogenated alkanes) is 11. The summed E-state index contributed by atoms with van der Waals surface area (Å²) in [5, 5.41) is 22.0. The summed E-state index contributed by atoms with van der Waals surface area (Å²) in [6.07, 6.45) is 18.1. The molecule has 1 aliphatic heterocycles. The number of aliphatic hydroxyl groups excluding tert-OH is 1. The molecule has 7 nitrogen and oxygen atoms in total. The average Bonchev–Trinajstić information content (AvgIpc) is 3.16. The molecule has 0 saturated carbocycles. The number of benzene rings is 3. The van der Waals surface area contributed by atoms with Crippen LogP contribution in [0.15, 0.2) is 72.8 Å². The van der Waals surface area contributed by atoms with Gasteiger partial charge in [-0.05, 0) is 53.3 Å². The van der Waals surface area contributed by atoms with Gasteiger partial charge in [-0.3, -0.25) is 9.69 Å². The van der Waals surface area contributed by atoms with E-state index in [1.54, 1.807) is 24.3 Å². The summed E-state index contributed by atoms with van der Waals surface area (Å²) < 4.78 is 12.1. The lowest BCUT2D eigenvalue weighted by molar-refractivity contribution is -0.127. The fourth-order valence-corrected chi connectivity index (χ4v) is 6.53. The highest BCUT2D eigenvalue weighted by molar-refractivity contribution is 5.92. The van der Waals surface area contributed by atoms with Gasteiger partial charge in [0, 0.05) is 38.8 Å². The monoisotopic (exact) mass is 698 g/mol. The van der Waals surface area contributed by atoms with Gasteiger partial charge in [0.15, 0.2) is 11.5 Å². The summed E-state index contributed by atoms with van der Waals surface area (Å²) in [7, 11) is 0. The Labute approximate surface area is 307 Å². The number of nitrogens with zero attached hydrogens (tertiary/aromatic N) is 2. The Morgan fingerprint density at radius 1 is 0.706 bits per heavy atom. The fraction of sp³-hybridized carbons (Fsp3) is 0.523. The highest BCUT2D eigenvalue weighted by Crippen LogP contribution is 2.38. The van der Waals surface area contributed by atoms with Crippen LogP contribution >= 0.6 is 0 Å². The lowest BCUT2D eigenvalue weighted by atomic mass is 10.0. The minimum Gasteiger partial charge on any atom is -0.502 e. The molecule has 1 fully saturated rings. The summed E-state index contributed by atoms with van der Waals surface area (Å²) in [5.74, 6) is 0.766. The predicted molar refractivity (Wildman–Crippen MR) is 209 cm³/mol. The first-order valence-corrected chi connectivity index (χ1v) is 19.6. The number of carbonyl (C=O) groups is 1. The molecule has 3 aromatic rings. The van der Waals surface area contributed by atoms with E-state index in [0.29, 0.717) is 57.4 Å². The van der Waals surface area contributed by atoms with Crippen LogP contribution in [0.4, 0.5) is 0 Å². The molecule has 1 aliphatic rings. The summed E-state index contributed by atoms with van der Waals surface area (Å²) in [5.41, 5.74) is 3.94. The summed E-state index contributed by atoms with van der Waals surface area (Å²) in [4.78, 5) is 17.3. The van der Waals surface area contributed by atoms with E-state index >= 15 is 0 Å². The SMILES string of the molecule is CCCCCCCCCOc1cc(/C=C/C(=O)N2CCN(CC(O)c3ccc(-c4ccccc4)cc3)CC2)cc(OCCCCCCCC)c1O. The van der Waals surface area contributed by atoms with E-state index in [1.165, 1.54) is 57.8 Å². The topological polar surface area (TPSA) is 82.5 Å². The van der Waals surface area contributed by atoms with Crippen molar-refractivity contribution < 1.29 is 24.5 Å². The van der Waals surface area contributed by atoms with Crippen LogP contribution in [0.1, 0.15) is 115 Å². The lowest BCUT2D eigenvalue weighted by Gasteiger charge is -2.35. The first-order chi connectivity index (χ1) is 25.0. The first kappa shape index (κ1) is 40.0. The molecule has 0 bridgehead atoms. The van der Waals surface area contributed by atoms with Crippen molar-refractivity contribution in [2.24, 2.45) is 0 Å². The van der Waals surface area contributed by atoms with Crippen LogP contribution in [0.2, 0.25) is 0 Å². The van der Waals surface area contributed by atoms with E-state index in [-0.39, 0.29) is 11.7 Å². The number of piperazine rings is 1. The third-order valence-electron chi connectivity index (χ3n) is 9.76. The molecule has 1 heterocycles. The second kappa shape index (κ2) is 22.9. The third-order valence-corrected chi connectivity index (χ3v) is 9.76. The molecule has 1 amide bonds. The molecule has 1 unspecified atom stereocenters. The highest BCUT2D eigenvalue weighted by Gasteiger charge is 2.22. The van der Waals surface area contributed by atoms with Gasteiger partial charge in [0.1, 0.15) is 0 Å². The molecule has 278 valence electrons. The summed E-state index contributed by atoms with van der Waals surface area (Å²) >= 11 is 0. The number of carbonyl (C=O) groups excluding carboxylic acids is 1. The minimum atomic E-state index is -0.592. The van der Waals surface area contributed by atoms with E-state index in [2.05, 4.69) is 43.0 Å². The zero-order valence-electron chi connectivity index (χ0n) is 31.2. The lowest BCUT2D eigenvalue weighted by Crippen LogP contribution is -2.49. The van der Waals surface area contributed by atoms with E-state index < -0.39 is 6.10 Å². The Morgan fingerprint density at radius 3 is 1.76 bits per heavy atom. The second-order valence-electron chi connectivity index (χ2n) is 13.9. The van der Waals surface area contributed by atoms with E-state index in [1.807, 2.05) is 35.2 Å². The van der Waals surface area contributed by atoms with Gasteiger partial charge in [-0.25, -0.2) is 0 Å². The van der Waals surface area contributed by atoms with Gasteiger partial charge in [0.05, 0.1) is 19.3 Å². The average molecular weight is 699 g/mol. The largest absolute Gasteiger partial charge is 0.502 e. The van der Waals surface area contributed by atoms with E-state index in [0.717, 1.165) is 47.9 Å². The molecule has 1 saturated heterocycles. The van der Waals surface area contributed by atoms with Gasteiger partial charge >= 0.3 is 0 Å². The van der Waals surface area contributed by atoms with Crippen molar-refractivity contribution in [3.05, 3.63) is 83.9 Å². The molecular formula is C44H62N2O5. The number of amides is 1. The zero-order valence-corrected chi connectivity index (χ0v) is 31.2. The van der Waals surface area contributed by atoms with Crippen molar-refractivity contribution >= 4 is 12.0 Å². The van der Waals surface area contributed by atoms with Gasteiger partial charge in [0.25, 0.3) is 0 Å². The number of aromatic hydroxyl groups is 1. The number of ether oxygens (including phenoxy) is 2. The third kappa shape index (κ3) is 14.0. The van der Waals surface area contributed by atoms with Crippen LogP contribution < -0.4 is 9.47 Å². The van der Waals surface area contributed by atoms with Crippen LogP contribution in [0.25, 0.3) is 17.2 Å². The maximum atomic E-state index is 13.2. The van der Waals surface area contributed by atoms with Crippen LogP contribution in [0, 0.1) is 0 Å². The van der Waals surface area contributed by atoms with Crippen LogP contribution in [-0.2, 0) is 4.79 Å². The van der Waals surface area contributed by atoms with Crippen molar-refractivity contribution in [2.75, 3.05) is 45.9 Å². The van der Waals surface area contributed by atoms with Crippen molar-refractivity contribution in [1.82, 2.24) is 9.80 Å². The number of aliphatic hydroxyl groups is 1. The zero-order chi connectivity index (χ0) is 36.1. The fourth-order valence-electron chi connectivity index (χ4n) is 6.53. The quantitative estimate of drug-likeness (QED) is 0.0758.